The number of amides is 1. The Bertz CT molecular complexity index is 522. The number of H-pyrrole nitrogens is 1. The fraction of sp³-hybridized carbons (Fsp3) is 0.308. The maximum Gasteiger partial charge on any atom is 0.257 e. The minimum atomic E-state index is -0.0328. The van der Waals surface area contributed by atoms with Gasteiger partial charge in [0.05, 0.1) is 24.0 Å². The van der Waals surface area contributed by atoms with Crippen molar-refractivity contribution in [2.75, 3.05) is 6.54 Å². The lowest BCUT2D eigenvalue weighted by Gasteiger charge is -2.19. The lowest BCUT2D eigenvalue weighted by atomic mass is 10.2. The van der Waals surface area contributed by atoms with Gasteiger partial charge >= 0.3 is 0 Å². The Kier molecular flexibility index (Phi) is 3.72. The van der Waals surface area contributed by atoms with Gasteiger partial charge in [-0.3, -0.25) is 14.9 Å². The molecule has 2 aromatic heterocycles. The van der Waals surface area contributed by atoms with Crippen molar-refractivity contribution in [3.63, 3.8) is 0 Å². The number of pyridine rings is 1. The minimum absolute atomic E-state index is 0.0328. The van der Waals surface area contributed by atoms with Gasteiger partial charge in [-0.2, -0.15) is 5.10 Å². The highest BCUT2D eigenvalue weighted by atomic mass is 16.2. The van der Waals surface area contributed by atoms with E-state index in [4.69, 9.17) is 0 Å². The van der Waals surface area contributed by atoms with Crippen LogP contribution < -0.4 is 0 Å². The lowest BCUT2D eigenvalue weighted by molar-refractivity contribution is 0.0750. The van der Waals surface area contributed by atoms with Gasteiger partial charge in [0.15, 0.2) is 0 Å². The first-order valence-corrected chi connectivity index (χ1v) is 5.91. The molecule has 2 aromatic rings. The summed E-state index contributed by atoms with van der Waals surface area (Å²) in [5.74, 6) is -0.0328. The molecular weight excluding hydrogens is 228 g/mol. The molecule has 0 spiro atoms. The van der Waals surface area contributed by atoms with Gasteiger partial charge in [-0.1, -0.05) is 6.07 Å². The zero-order chi connectivity index (χ0) is 13.0. The van der Waals surface area contributed by atoms with Gasteiger partial charge < -0.3 is 4.90 Å². The van der Waals surface area contributed by atoms with E-state index in [0.717, 1.165) is 11.4 Å². The van der Waals surface area contributed by atoms with Crippen LogP contribution in [-0.2, 0) is 6.54 Å². The van der Waals surface area contributed by atoms with Crippen molar-refractivity contribution in [3.05, 3.63) is 47.5 Å². The SMILES string of the molecule is CCN(Cc1cccc(C)n1)C(=O)c1cn[nH]c1. The molecule has 1 amide bonds. The second kappa shape index (κ2) is 5.44. The number of hydrogen-bond donors (Lipinski definition) is 1. The van der Waals surface area contributed by atoms with Gasteiger partial charge in [0.2, 0.25) is 0 Å². The first kappa shape index (κ1) is 12.3. The summed E-state index contributed by atoms with van der Waals surface area (Å²) >= 11 is 0. The van der Waals surface area contributed by atoms with Crippen LogP contribution in [0.3, 0.4) is 0 Å². The summed E-state index contributed by atoms with van der Waals surface area (Å²) in [4.78, 5) is 18.3. The fourth-order valence-electron chi connectivity index (χ4n) is 1.76. The molecule has 0 atom stereocenters. The molecule has 5 heteroatoms. The van der Waals surface area contributed by atoms with Crippen LogP contribution in [0, 0.1) is 6.92 Å². The second-order valence-corrected chi connectivity index (χ2v) is 4.08. The summed E-state index contributed by atoms with van der Waals surface area (Å²) in [5, 5.41) is 6.44. The van der Waals surface area contributed by atoms with E-state index < -0.39 is 0 Å². The number of rotatable bonds is 4. The van der Waals surface area contributed by atoms with E-state index in [0.29, 0.717) is 18.7 Å². The highest BCUT2D eigenvalue weighted by Gasteiger charge is 2.15. The van der Waals surface area contributed by atoms with Crippen LogP contribution >= 0.6 is 0 Å². The molecule has 2 rings (SSSR count). The van der Waals surface area contributed by atoms with E-state index in [-0.39, 0.29) is 5.91 Å². The Balaban J connectivity index is 2.12. The smallest absolute Gasteiger partial charge is 0.257 e. The van der Waals surface area contributed by atoms with Crippen LogP contribution in [0.15, 0.2) is 30.6 Å². The maximum absolute atomic E-state index is 12.2. The zero-order valence-corrected chi connectivity index (χ0v) is 10.6. The van der Waals surface area contributed by atoms with Crippen LogP contribution in [0.4, 0.5) is 0 Å². The Morgan fingerprint density at radius 2 is 2.28 bits per heavy atom. The number of carbonyl (C=O) groups excluding carboxylic acids is 1. The number of carbonyl (C=O) groups is 1. The van der Waals surface area contributed by atoms with Gasteiger partial charge in [0.1, 0.15) is 0 Å². The zero-order valence-electron chi connectivity index (χ0n) is 10.6. The third kappa shape index (κ3) is 2.74. The second-order valence-electron chi connectivity index (χ2n) is 4.08. The topological polar surface area (TPSA) is 61.9 Å². The van der Waals surface area contributed by atoms with Crippen LogP contribution in [0.2, 0.25) is 0 Å². The van der Waals surface area contributed by atoms with E-state index in [1.165, 1.54) is 6.20 Å². The summed E-state index contributed by atoms with van der Waals surface area (Å²) in [6.07, 6.45) is 3.14. The van der Waals surface area contributed by atoms with E-state index >= 15 is 0 Å². The van der Waals surface area contributed by atoms with Gasteiger partial charge in [-0.25, -0.2) is 0 Å². The third-order valence-electron chi connectivity index (χ3n) is 2.71. The van der Waals surface area contributed by atoms with Crippen molar-refractivity contribution in [2.45, 2.75) is 20.4 Å². The van der Waals surface area contributed by atoms with Gasteiger partial charge in [0, 0.05) is 18.4 Å². The monoisotopic (exact) mass is 244 g/mol. The molecule has 0 radical (unpaired) electrons. The predicted octanol–water partition coefficient (Wildman–Crippen LogP) is 1.78. The minimum Gasteiger partial charge on any atom is -0.333 e. The quantitative estimate of drug-likeness (QED) is 0.891. The summed E-state index contributed by atoms with van der Waals surface area (Å²) in [5.41, 5.74) is 2.43. The van der Waals surface area contributed by atoms with Crippen LogP contribution in [0.1, 0.15) is 28.7 Å². The van der Waals surface area contributed by atoms with Crippen molar-refractivity contribution in [1.29, 1.82) is 0 Å². The molecule has 94 valence electrons. The Morgan fingerprint density at radius 1 is 1.44 bits per heavy atom. The van der Waals surface area contributed by atoms with E-state index in [2.05, 4.69) is 15.2 Å². The number of nitrogens with zero attached hydrogens (tertiary/aromatic N) is 3. The lowest BCUT2D eigenvalue weighted by Crippen LogP contribution is -2.30. The third-order valence-corrected chi connectivity index (χ3v) is 2.71. The van der Waals surface area contributed by atoms with Crippen LogP contribution in [-0.4, -0.2) is 32.5 Å². The summed E-state index contributed by atoms with van der Waals surface area (Å²) < 4.78 is 0. The normalized spacial score (nSPS) is 10.3. The molecule has 0 aliphatic heterocycles. The molecule has 0 aliphatic rings. The number of aryl methyl sites for hydroxylation is 1. The Morgan fingerprint density at radius 3 is 2.89 bits per heavy atom. The van der Waals surface area contributed by atoms with Crippen molar-refractivity contribution < 1.29 is 4.79 Å². The Labute approximate surface area is 106 Å². The van der Waals surface area contributed by atoms with Crippen molar-refractivity contribution >= 4 is 5.91 Å². The molecule has 1 N–H and O–H groups in total. The predicted molar refractivity (Wildman–Crippen MR) is 68.0 cm³/mol. The molecule has 0 aromatic carbocycles. The highest BCUT2D eigenvalue weighted by Crippen LogP contribution is 2.07. The van der Waals surface area contributed by atoms with Crippen molar-refractivity contribution in [1.82, 2.24) is 20.1 Å². The van der Waals surface area contributed by atoms with Crippen LogP contribution in [0.5, 0.6) is 0 Å². The molecule has 0 saturated heterocycles. The summed E-state index contributed by atoms with van der Waals surface area (Å²) in [7, 11) is 0. The average Bonchev–Trinajstić information content (AvgIpc) is 2.89. The van der Waals surface area contributed by atoms with E-state index in [1.807, 2.05) is 32.0 Å². The first-order chi connectivity index (χ1) is 8.70. The largest absolute Gasteiger partial charge is 0.333 e. The Hall–Kier alpha value is -2.17. The molecule has 0 unspecified atom stereocenters. The highest BCUT2D eigenvalue weighted by molar-refractivity contribution is 5.93. The molecule has 18 heavy (non-hydrogen) atoms. The molecular formula is C13H16N4O. The fourth-order valence-corrected chi connectivity index (χ4v) is 1.76. The molecule has 0 aliphatic carbocycles. The van der Waals surface area contributed by atoms with Gasteiger partial charge in [-0.15, -0.1) is 0 Å². The average molecular weight is 244 g/mol. The number of aromatic nitrogens is 3. The maximum atomic E-state index is 12.2. The van der Waals surface area contributed by atoms with Crippen molar-refractivity contribution in [2.24, 2.45) is 0 Å². The first-order valence-electron chi connectivity index (χ1n) is 5.91. The number of aromatic amines is 1. The van der Waals surface area contributed by atoms with E-state index in [9.17, 15) is 4.79 Å². The molecule has 0 fully saturated rings. The van der Waals surface area contributed by atoms with Crippen LogP contribution in [0.25, 0.3) is 0 Å². The number of nitrogens with one attached hydrogen (secondary N) is 1. The molecule has 0 bridgehead atoms. The summed E-state index contributed by atoms with van der Waals surface area (Å²) in [6, 6.07) is 5.82. The number of hydrogen-bond acceptors (Lipinski definition) is 3. The molecule has 5 nitrogen and oxygen atoms in total. The summed E-state index contributed by atoms with van der Waals surface area (Å²) in [6.45, 7) is 5.05. The van der Waals surface area contributed by atoms with Gasteiger partial charge in [-0.05, 0) is 26.0 Å². The molecule has 2 heterocycles. The van der Waals surface area contributed by atoms with Gasteiger partial charge in [0.25, 0.3) is 5.91 Å². The van der Waals surface area contributed by atoms with Crippen molar-refractivity contribution in [3.8, 4) is 0 Å². The standard InChI is InChI=1S/C13H16N4O/c1-3-17(13(18)11-7-14-15-8-11)9-12-6-4-5-10(2)16-12/h4-8H,3,9H2,1-2H3,(H,14,15). The molecule has 0 saturated carbocycles. The van der Waals surface area contributed by atoms with E-state index in [1.54, 1.807) is 11.1 Å².